The van der Waals surface area contributed by atoms with E-state index in [4.69, 9.17) is 9.15 Å². The normalized spacial score (nSPS) is 10.6. The molecular formula is C22H23N3O4. The molecule has 0 spiro atoms. The summed E-state index contributed by atoms with van der Waals surface area (Å²) in [4.78, 5) is 26.4. The number of urea groups is 1. The topological polar surface area (TPSA) is 83.8 Å². The maximum Gasteiger partial charge on any atom is 0.325 e. The Morgan fingerprint density at radius 2 is 1.72 bits per heavy atom. The summed E-state index contributed by atoms with van der Waals surface area (Å²) in [5.41, 5.74) is 1.63. The lowest BCUT2D eigenvalue weighted by Gasteiger charge is -2.20. The van der Waals surface area contributed by atoms with Crippen molar-refractivity contribution in [3.63, 3.8) is 0 Å². The van der Waals surface area contributed by atoms with Crippen LogP contribution in [0.15, 0.2) is 77.4 Å². The first-order chi connectivity index (χ1) is 14.1. The second-order valence-electron chi connectivity index (χ2n) is 6.44. The van der Waals surface area contributed by atoms with Crippen LogP contribution in [0.2, 0.25) is 0 Å². The molecule has 7 nitrogen and oxygen atoms in total. The largest absolute Gasteiger partial charge is 0.497 e. The van der Waals surface area contributed by atoms with E-state index in [2.05, 4.69) is 10.6 Å². The van der Waals surface area contributed by atoms with Crippen molar-refractivity contribution in [2.24, 2.45) is 0 Å². The van der Waals surface area contributed by atoms with Gasteiger partial charge in [-0.2, -0.15) is 0 Å². The van der Waals surface area contributed by atoms with E-state index in [1.54, 1.807) is 43.7 Å². The third kappa shape index (κ3) is 6.51. The fourth-order valence-electron chi connectivity index (χ4n) is 2.84. The Bertz CT molecular complexity index is 909. The number of benzene rings is 2. The van der Waals surface area contributed by atoms with Crippen molar-refractivity contribution in [3.05, 3.63) is 84.3 Å². The van der Waals surface area contributed by atoms with Crippen LogP contribution in [0.25, 0.3) is 0 Å². The van der Waals surface area contributed by atoms with Gasteiger partial charge >= 0.3 is 6.03 Å². The van der Waals surface area contributed by atoms with Gasteiger partial charge in [-0.15, -0.1) is 0 Å². The Balaban J connectivity index is 1.57. The molecule has 3 aromatic rings. The van der Waals surface area contributed by atoms with Crippen molar-refractivity contribution < 1.29 is 18.7 Å². The lowest BCUT2D eigenvalue weighted by Crippen LogP contribution is -2.41. The summed E-state index contributed by atoms with van der Waals surface area (Å²) in [6, 6.07) is 19.7. The predicted molar refractivity (Wildman–Crippen MR) is 109 cm³/mol. The van der Waals surface area contributed by atoms with Crippen molar-refractivity contribution in [2.45, 2.75) is 13.1 Å². The molecule has 3 amide bonds. The number of carbonyl (C=O) groups is 2. The molecule has 7 heteroatoms. The maximum absolute atomic E-state index is 12.4. The van der Waals surface area contributed by atoms with Crippen LogP contribution in [0.4, 0.5) is 10.5 Å². The number of ether oxygens (including phenoxy) is 1. The Hall–Kier alpha value is -3.58. The van der Waals surface area contributed by atoms with Gasteiger partial charge in [0.1, 0.15) is 11.5 Å². The molecule has 29 heavy (non-hydrogen) atoms. The second kappa shape index (κ2) is 10.1. The van der Waals surface area contributed by atoms with Crippen LogP contribution in [0.3, 0.4) is 0 Å². The number of anilines is 1. The van der Waals surface area contributed by atoms with Crippen LogP contribution in [-0.4, -0.2) is 30.5 Å². The summed E-state index contributed by atoms with van der Waals surface area (Å²) in [5, 5.41) is 4.99. The highest BCUT2D eigenvalue weighted by atomic mass is 16.5. The van der Waals surface area contributed by atoms with Crippen molar-refractivity contribution in [3.8, 4) is 5.75 Å². The molecule has 0 bridgehead atoms. The zero-order valence-corrected chi connectivity index (χ0v) is 16.1. The van der Waals surface area contributed by atoms with Gasteiger partial charge in [0.05, 0.1) is 26.5 Å². The van der Waals surface area contributed by atoms with Crippen LogP contribution in [0.1, 0.15) is 11.3 Å². The highest BCUT2D eigenvalue weighted by Crippen LogP contribution is 2.15. The minimum atomic E-state index is -0.585. The van der Waals surface area contributed by atoms with E-state index in [0.29, 0.717) is 24.5 Å². The standard InChI is InChI=1S/C22H23N3O4/c1-28-19-11-9-18(10-12-19)23-22(27)24-21(26)16-25(15-20-8-5-13-29-20)14-17-6-3-2-4-7-17/h2-13H,14-16H2,1H3,(H2,23,24,26,27). The van der Waals surface area contributed by atoms with Gasteiger partial charge < -0.3 is 14.5 Å². The highest BCUT2D eigenvalue weighted by molar-refractivity contribution is 6.01. The molecule has 0 aliphatic carbocycles. The van der Waals surface area contributed by atoms with E-state index in [9.17, 15) is 9.59 Å². The summed E-state index contributed by atoms with van der Waals surface area (Å²) in [6.45, 7) is 1.05. The molecule has 0 aliphatic rings. The Morgan fingerprint density at radius 3 is 2.38 bits per heavy atom. The minimum absolute atomic E-state index is 0.0472. The number of hydrogen-bond donors (Lipinski definition) is 2. The van der Waals surface area contributed by atoms with E-state index in [1.165, 1.54) is 0 Å². The molecule has 150 valence electrons. The molecule has 3 rings (SSSR count). The van der Waals surface area contributed by atoms with Gasteiger partial charge in [-0.05, 0) is 42.0 Å². The number of rotatable bonds is 8. The van der Waals surface area contributed by atoms with E-state index >= 15 is 0 Å². The van der Waals surface area contributed by atoms with Crippen LogP contribution >= 0.6 is 0 Å². The minimum Gasteiger partial charge on any atom is -0.497 e. The van der Waals surface area contributed by atoms with Gasteiger partial charge in [0, 0.05) is 12.2 Å². The zero-order chi connectivity index (χ0) is 20.5. The van der Waals surface area contributed by atoms with Crippen LogP contribution in [0, 0.1) is 0 Å². The lowest BCUT2D eigenvalue weighted by atomic mass is 10.2. The van der Waals surface area contributed by atoms with Gasteiger partial charge in [-0.3, -0.25) is 15.0 Å². The molecule has 2 aromatic carbocycles. The Kier molecular flexibility index (Phi) is 7.02. The number of hydrogen-bond acceptors (Lipinski definition) is 5. The lowest BCUT2D eigenvalue weighted by molar-refractivity contribution is -0.121. The summed E-state index contributed by atoms with van der Waals surface area (Å²) in [7, 11) is 1.57. The molecule has 0 unspecified atom stereocenters. The fourth-order valence-corrected chi connectivity index (χ4v) is 2.84. The fraction of sp³-hybridized carbons (Fsp3) is 0.182. The molecule has 1 heterocycles. The molecule has 0 fully saturated rings. The van der Waals surface area contributed by atoms with Crippen molar-refractivity contribution in [1.82, 2.24) is 10.2 Å². The molecule has 1 aromatic heterocycles. The highest BCUT2D eigenvalue weighted by Gasteiger charge is 2.15. The van der Waals surface area contributed by atoms with E-state index in [1.807, 2.05) is 41.3 Å². The van der Waals surface area contributed by atoms with Gasteiger partial charge in [0.15, 0.2) is 0 Å². The molecule has 0 radical (unpaired) electrons. The molecule has 0 atom stereocenters. The SMILES string of the molecule is COc1ccc(NC(=O)NC(=O)CN(Cc2ccccc2)Cc2ccco2)cc1. The van der Waals surface area contributed by atoms with Gasteiger partial charge in [0.2, 0.25) is 5.91 Å². The van der Waals surface area contributed by atoms with Crippen LogP contribution in [0.5, 0.6) is 5.75 Å². The van der Waals surface area contributed by atoms with Crippen molar-refractivity contribution in [2.75, 3.05) is 19.0 Å². The first kappa shape index (κ1) is 20.2. The first-order valence-corrected chi connectivity index (χ1v) is 9.16. The van der Waals surface area contributed by atoms with Crippen molar-refractivity contribution in [1.29, 1.82) is 0 Å². The summed E-state index contributed by atoms with van der Waals surface area (Å²) < 4.78 is 10.5. The van der Waals surface area contributed by atoms with E-state index < -0.39 is 11.9 Å². The van der Waals surface area contributed by atoms with Gasteiger partial charge in [-0.1, -0.05) is 30.3 Å². The number of methoxy groups -OCH3 is 1. The average molecular weight is 393 g/mol. The molecule has 0 aliphatic heterocycles. The number of furan rings is 1. The van der Waals surface area contributed by atoms with Gasteiger partial charge in [0.25, 0.3) is 0 Å². The smallest absolute Gasteiger partial charge is 0.325 e. The van der Waals surface area contributed by atoms with E-state index in [-0.39, 0.29) is 6.54 Å². The number of imide groups is 1. The first-order valence-electron chi connectivity index (χ1n) is 9.16. The predicted octanol–water partition coefficient (Wildman–Crippen LogP) is 3.64. The van der Waals surface area contributed by atoms with Crippen molar-refractivity contribution >= 4 is 17.6 Å². The monoisotopic (exact) mass is 393 g/mol. The molecule has 2 N–H and O–H groups in total. The zero-order valence-electron chi connectivity index (χ0n) is 16.1. The third-order valence-corrected chi connectivity index (χ3v) is 4.18. The quantitative estimate of drug-likeness (QED) is 0.610. The third-order valence-electron chi connectivity index (χ3n) is 4.18. The molecule has 0 saturated carbocycles. The number of nitrogens with zero attached hydrogens (tertiary/aromatic N) is 1. The van der Waals surface area contributed by atoms with Gasteiger partial charge in [-0.25, -0.2) is 4.79 Å². The summed E-state index contributed by atoms with van der Waals surface area (Å²) in [6.07, 6.45) is 1.60. The summed E-state index contributed by atoms with van der Waals surface area (Å²) >= 11 is 0. The van der Waals surface area contributed by atoms with Crippen LogP contribution < -0.4 is 15.4 Å². The summed E-state index contributed by atoms with van der Waals surface area (Å²) in [5.74, 6) is 1.02. The van der Waals surface area contributed by atoms with E-state index in [0.717, 1.165) is 11.3 Å². The number of nitrogens with one attached hydrogen (secondary N) is 2. The molecular weight excluding hydrogens is 370 g/mol. The number of amides is 3. The average Bonchev–Trinajstić information content (AvgIpc) is 3.22. The Labute approximate surface area is 169 Å². The second-order valence-corrected chi connectivity index (χ2v) is 6.44. The molecule has 0 saturated heterocycles. The Morgan fingerprint density at radius 1 is 0.966 bits per heavy atom. The van der Waals surface area contributed by atoms with Crippen LogP contribution in [-0.2, 0) is 17.9 Å². The number of carbonyl (C=O) groups excluding carboxylic acids is 2. The maximum atomic E-state index is 12.4.